The van der Waals surface area contributed by atoms with Crippen molar-refractivity contribution in [3.63, 3.8) is 0 Å². The quantitative estimate of drug-likeness (QED) is 0.106. The Morgan fingerprint density at radius 2 is 1.51 bits per heavy atom. The molecule has 0 radical (unpaired) electrons. The van der Waals surface area contributed by atoms with E-state index in [-0.39, 0.29) is 0 Å². The van der Waals surface area contributed by atoms with E-state index in [0.29, 0.717) is 6.54 Å². The molecule has 2 heterocycles. The molecule has 5 aromatic carbocycles. The van der Waals surface area contributed by atoms with Crippen LogP contribution in [0.5, 0.6) is 0 Å². The smallest absolute Gasteiger partial charge is 0.135 e. The van der Waals surface area contributed by atoms with Gasteiger partial charge in [0, 0.05) is 27.4 Å². The van der Waals surface area contributed by atoms with E-state index in [1.165, 1.54) is 5.56 Å². The van der Waals surface area contributed by atoms with Crippen LogP contribution in [0.2, 0.25) is 0 Å². The second-order valence-electron chi connectivity index (χ2n) is 13.5. The van der Waals surface area contributed by atoms with Crippen LogP contribution in [0.3, 0.4) is 0 Å². The minimum Gasteiger partial charge on any atom is -0.461 e. The molecule has 0 saturated heterocycles. The van der Waals surface area contributed by atoms with Crippen LogP contribution in [0.25, 0.3) is 49.6 Å². The number of fused-ring (bicyclic) bond motifs is 5. The molecule has 1 atom stereocenters. The van der Waals surface area contributed by atoms with E-state index in [1.54, 1.807) is 0 Å². The Balaban J connectivity index is 1.28. The minimum absolute atomic E-state index is 0.525. The molecule has 2 aromatic heterocycles. The lowest BCUT2D eigenvalue weighted by molar-refractivity contribution is 0.578. The van der Waals surface area contributed by atoms with Gasteiger partial charge >= 0.3 is 0 Å². The number of aryl methyl sites for hydroxylation is 1. The van der Waals surface area contributed by atoms with E-state index >= 15 is 0 Å². The highest BCUT2D eigenvalue weighted by molar-refractivity contribution is 6.10. The molecule has 8 rings (SSSR count). The van der Waals surface area contributed by atoms with Crippen molar-refractivity contribution in [1.82, 2.24) is 0 Å². The fourth-order valence-corrected chi connectivity index (χ4v) is 8.34. The number of rotatable bonds is 10. The number of hydrogen-bond donors (Lipinski definition) is 0. The lowest BCUT2D eigenvalue weighted by atomic mass is 9.65. The lowest BCUT2D eigenvalue weighted by Gasteiger charge is -2.36. The molecule has 0 N–H and O–H groups in total. The van der Waals surface area contributed by atoms with Gasteiger partial charge in [-0.1, -0.05) is 129 Å². The van der Waals surface area contributed by atoms with Crippen LogP contribution < -0.4 is 0 Å². The molecule has 3 heteroatoms. The van der Waals surface area contributed by atoms with Crippen molar-refractivity contribution < 1.29 is 8.83 Å². The number of aliphatic imine (C=N–C) groups is 1. The molecular formula is C50H41NO2. The topological polar surface area (TPSA) is 38.6 Å². The van der Waals surface area contributed by atoms with Crippen molar-refractivity contribution >= 4 is 44.2 Å². The number of nitrogens with zero attached hydrogens (tertiary/aromatic N) is 1. The highest BCUT2D eigenvalue weighted by atomic mass is 16.3. The average molecular weight is 688 g/mol. The van der Waals surface area contributed by atoms with Crippen LogP contribution in [-0.2, 0) is 12.0 Å². The Morgan fingerprint density at radius 3 is 2.28 bits per heavy atom. The van der Waals surface area contributed by atoms with Crippen LogP contribution in [0.15, 0.2) is 190 Å². The monoisotopic (exact) mass is 687 g/mol. The van der Waals surface area contributed by atoms with Crippen LogP contribution in [0.1, 0.15) is 47.4 Å². The second kappa shape index (κ2) is 13.6. The summed E-state index contributed by atoms with van der Waals surface area (Å²) in [7, 11) is 0. The van der Waals surface area contributed by atoms with Gasteiger partial charge in [-0.2, -0.15) is 0 Å². The van der Waals surface area contributed by atoms with Gasteiger partial charge in [0.2, 0.25) is 0 Å². The molecule has 1 aliphatic carbocycles. The Kier molecular flexibility index (Phi) is 8.64. The summed E-state index contributed by atoms with van der Waals surface area (Å²) in [5, 5.41) is 3.25. The van der Waals surface area contributed by atoms with E-state index in [1.807, 2.05) is 43.4 Å². The number of allylic oxidation sites excluding steroid dienone is 9. The van der Waals surface area contributed by atoms with Crippen molar-refractivity contribution in [1.29, 1.82) is 0 Å². The van der Waals surface area contributed by atoms with Gasteiger partial charge in [-0.05, 0) is 107 Å². The van der Waals surface area contributed by atoms with Gasteiger partial charge in [0.15, 0.2) is 0 Å². The van der Waals surface area contributed by atoms with Crippen molar-refractivity contribution in [2.75, 3.05) is 0 Å². The predicted octanol–water partition coefficient (Wildman–Crippen LogP) is 13.4. The van der Waals surface area contributed by atoms with Crippen LogP contribution in [-0.4, -0.2) is 5.71 Å². The highest BCUT2D eigenvalue weighted by Gasteiger charge is 2.46. The SMILES string of the molecule is C=C/C=C(\C=C/C)C1(c2ccccc2)C(C=C)=C(C=C)c2ccc(-c3ccc4oc5cccc(CN=C(C)c6cccc7oc(C)cc67)c5c4c3)cc21. The van der Waals surface area contributed by atoms with Gasteiger partial charge in [0.25, 0.3) is 0 Å². The largest absolute Gasteiger partial charge is 0.461 e. The number of furan rings is 2. The molecule has 0 aliphatic heterocycles. The normalized spacial score (nSPS) is 16.3. The summed E-state index contributed by atoms with van der Waals surface area (Å²) in [6, 6.07) is 38.5. The Labute approximate surface area is 311 Å². The first-order valence-electron chi connectivity index (χ1n) is 18.0. The van der Waals surface area contributed by atoms with Crippen molar-refractivity contribution in [3.8, 4) is 11.1 Å². The van der Waals surface area contributed by atoms with Crippen molar-refractivity contribution in [2.45, 2.75) is 32.7 Å². The molecule has 0 fully saturated rings. The Morgan fingerprint density at radius 1 is 0.755 bits per heavy atom. The molecule has 0 bridgehead atoms. The maximum absolute atomic E-state index is 6.43. The second-order valence-corrected chi connectivity index (χ2v) is 13.5. The third-order valence-corrected chi connectivity index (χ3v) is 10.6. The zero-order chi connectivity index (χ0) is 36.7. The first-order chi connectivity index (χ1) is 25.9. The summed E-state index contributed by atoms with van der Waals surface area (Å²) in [4.78, 5) is 5.10. The molecular weight excluding hydrogens is 647 g/mol. The first-order valence-corrected chi connectivity index (χ1v) is 18.0. The third kappa shape index (κ3) is 5.39. The van der Waals surface area contributed by atoms with Gasteiger partial charge in [0.1, 0.15) is 22.5 Å². The molecule has 0 spiro atoms. The van der Waals surface area contributed by atoms with Crippen LogP contribution >= 0.6 is 0 Å². The molecule has 0 saturated carbocycles. The third-order valence-electron chi connectivity index (χ3n) is 10.6. The molecule has 0 amide bonds. The molecule has 1 aliphatic rings. The zero-order valence-corrected chi connectivity index (χ0v) is 30.4. The first kappa shape index (κ1) is 33.7. The minimum atomic E-state index is -0.618. The lowest BCUT2D eigenvalue weighted by Crippen LogP contribution is -2.30. The van der Waals surface area contributed by atoms with E-state index in [2.05, 4.69) is 143 Å². The summed E-state index contributed by atoms with van der Waals surface area (Å²) in [6.45, 7) is 19.3. The predicted molar refractivity (Wildman–Crippen MR) is 224 cm³/mol. The van der Waals surface area contributed by atoms with Crippen LogP contribution in [0.4, 0.5) is 0 Å². The van der Waals surface area contributed by atoms with E-state index in [0.717, 1.165) is 94.5 Å². The Bertz CT molecular complexity index is 2720. The standard InChI is InChI=1S/C50H41NO2/c1-7-16-37(17-8-2)50(38-19-12-11-13-20-38)44(10-4)39(9-3)41-26-24-35(30-45(41)50)34-25-27-47-43(29-34)49-36(18-14-23-48(49)53-47)31-51-33(6)40-21-15-22-46-42(40)28-32(5)52-46/h7-30H,1,3-4,31H2,2,5-6H3/b17-8-,37-16+,51-33?. The highest BCUT2D eigenvalue weighted by Crippen LogP contribution is 2.56. The number of benzene rings is 5. The maximum Gasteiger partial charge on any atom is 0.135 e. The number of hydrogen-bond acceptors (Lipinski definition) is 3. The maximum atomic E-state index is 6.43. The van der Waals surface area contributed by atoms with Crippen molar-refractivity contribution in [3.05, 3.63) is 210 Å². The van der Waals surface area contributed by atoms with Gasteiger partial charge in [0.05, 0.1) is 12.0 Å². The summed E-state index contributed by atoms with van der Waals surface area (Å²) in [5.41, 5.74) is 14.1. The van der Waals surface area contributed by atoms with Gasteiger partial charge in [-0.15, -0.1) is 0 Å². The fraction of sp³-hybridized carbons (Fsp3) is 0.100. The molecule has 258 valence electrons. The fourth-order valence-electron chi connectivity index (χ4n) is 8.34. The summed E-state index contributed by atoms with van der Waals surface area (Å²) in [6.07, 6.45) is 12.2. The van der Waals surface area contributed by atoms with E-state index < -0.39 is 5.41 Å². The van der Waals surface area contributed by atoms with Crippen LogP contribution in [0, 0.1) is 6.92 Å². The average Bonchev–Trinajstić information content (AvgIpc) is 3.85. The van der Waals surface area contributed by atoms with Gasteiger partial charge in [-0.3, -0.25) is 4.99 Å². The van der Waals surface area contributed by atoms with E-state index in [9.17, 15) is 0 Å². The summed E-state index contributed by atoms with van der Waals surface area (Å²) < 4.78 is 12.3. The molecule has 7 aromatic rings. The summed E-state index contributed by atoms with van der Waals surface area (Å²) >= 11 is 0. The molecule has 1 unspecified atom stereocenters. The van der Waals surface area contributed by atoms with Gasteiger partial charge in [-0.25, -0.2) is 0 Å². The van der Waals surface area contributed by atoms with Gasteiger partial charge < -0.3 is 8.83 Å². The zero-order valence-electron chi connectivity index (χ0n) is 30.4. The Hall–Kier alpha value is -6.45. The van der Waals surface area contributed by atoms with E-state index in [4.69, 9.17) is 13.8 Å². The summed E-state index contributed by atoms with van der Waals surface area (Å²) in [5.74, 6) is 0.893. The molecule has 3 nitrogen and oxygen atoms in total. The molecule has 53 heavy (non-hydrogen) atoms. The van der Waals surface area contributed by atoms with Crippen molar-refractivity contribution in [2.24, 2.45) is 4.99 Å².